The van der Waals surface area contributed by atoms with Crippen molar-refractivity contribution in [2.45, 2.75) is 18.9 Å². The average Bonchev–Trinajstić information content (AvgIpc) is 2.42. The number of nitrogens with zero attached hydrogens (tertiary/aromatic N) is 1. The molecule has 1 saturated heterocycles. The lowest BCUT2D eigenvalue weighted by molar-refractivity contribution is -0.0349. The smallest absolute Gasteiger partial charge is 0.0704 e. The summed E-state index contributed by atoms with van der Waals surface area (Å²) in [6.07, 6.45) is 3.19. The van der Waals surface area contributed by atoms with Crippen LogP contribution in [0.5, 0.6) is 0 Å². The maximum atomic E-state index is 10.0. The van der Waals surface area contributed by atoms with Crippen LogP contribution in [-0.2, 0) is 11.2 Å². The molecule has 2 unspecified atom stereocenters. The molecule has 1 aliphatic heterocycles. The zero-order chi connectivity index (χ0) is 12.4. The average molecular weight is 243 g/mol. The molecule has 2 heterocycles. The van der Waals surface area contributed by atoms with Gasteiger partial charge in [-0.25, -0.2) is 0 Å². The summed E-state index contributed by atoms with van der Waals surface area (Å²) in [5.41, 5.74) is 2.26. The molecule has 0 radical (unpaired) electrons. The number of aromatic nitrogens is 1. The van der Waals surface area contributed by atoms with E-state index < -0.39 is 0 Å². The Morgan fingerprint density at radius 2 is 2.17 bits per heavy atom. The van der Waals surface area contributed by atoms with Gasteiger partial charge in [0.25, 0.3) is 0 Å². The maximum absolute atomic E-state index is 10.0. The Kier molecular flexibility index (Phi) is 3.26. The number of aliphatic hydroxyl groups is 1. The predicted octanol–water partition coefficient (Wildman–Crippen LogP) is 2.17. The van der Waals surface area contributed by atoms with Gasteiger partial charge >= 0.3 is 0 Å². The number of para-hydroxylation sites is 1. The van der Waals surface area contributed by atoms with Crippen molar-refractivity contribution in [2.75, 3.05) is 13.2 Å². The summed E-state index contributed by atoms with van der Waals surface area (Å²) in [5.74, 6) is 0.199. The van der Waals surface area contributed by atoms with Crippen molar-refractivity contribution in [1.82, 2.24) is 4.98 Å². The Morgan fingerprint density at radius 3 is 3.06 bits per heavy atom. The van der Waals surface area contributed by atoms with E-state index in [0.717, 1.165) is 18.4 Å². The van der Waals surface area contributed by atoms with Crippen molar-refractivity contribution >= 4 is 10.9 Å². The molecule has 3 heteroatoms. The Bertz CT molecular complexity index is 536. The lowest BCUT2D eigenvalue weighted by Crippen LogP contribution is -2.33. The quantitative estimate of drug-likeness (QED) is 0.879. The van der Waals surface area contributed by atoms with Crippen LogP contribution in [0, 0.1) is 5.92 Å². The zero-order valence-electron chi connectivity index (χ0n) is 10.2. The summed E-state index contributed by atoms with van der Waals surface area (Å²) >= 11 is 0. The fraction of sp³-hybridized carbons (Fsp3) is 0.400. The van der Waals surface area contributed by atoms with Gasteiger partial charge in [0.1, 0.15) is 0 Å². The second-order valence-electron chi connectivity index (χ2n) is 4.88. The molecule has 3 nitrogen and oxygen atoms in total. The molecule has 18 heavy (non-hydrogen) atoms. The fourth-order valence-electron chi connectivity index (χ4n) is 2.60. The molecule has 0 bridgehead atoms. The van der Waals surface area contributed by atoms with Gasteiger partial charge in [-0.1, -0.05) is 18.2 Å². The van der Waals surface area contributed by atoms with Crippen LogP contribution in [0.4, 0.5) is 0 Å². The number of ether oxygens (including phenoxy) is 1. The van der Waals surface area contributed by atoms with E-state index in [-0.39, 0.29) is 12.0 Å². The highest BCUT2D eigenvalue weighted by atomic mass is 16.5. The number of hydrogen-bond acceptors (Lipinski definition) is 3. The van der Waals surface area contributed by atoms with Crippen molar-refractivity contribution in [3.63, 3.8) is 0 Å². The van der Waals surface area contributed by atoms with E-state index in [2.05, 4.69) is 11.1 Å². The first-order valence-corrected chi connectivity index (χ1v) is 6.43. The molecule has 1 fully saturated rings. The van der Waals surface area contributed by atoms with Crippen molar-refractivity contribution in [3.05, 3.63) is 42.1 Å². The summed E-state index contributed by atoms with van der Waals surface area (Å²) < 4.78 is 5.46. The van der Waals surface area contributed by atoms with Crippen molar-refractivity contribution in [1.29, 1.82) is 0 Å². The van der Waals surface area contributed by atoms with Crippen molar-refractivity contribution in [3.8, 4) is 0 Å². The minimum absolute atomic E-state index is 0.199. The molecule has 0 spiro atoms. The van der Waals surface area contributed by atoms with Gasteiger partial charge in [-0.2, -0.15) is 0 Å². The Hall–Kier alpha value is -1.45. The van der Waals surface area contributed by atoms with Crippen molar-refractivity contribution < 1.29 is 9.84 Å². The second kappa shape index (κ2) is 5.04. The highest BCUT2D eigenvalue weighted by Crippen LogP contribution is 2.24. The molecule has 3 rings (SSSR count). The SMILES string of the molecule is OC1CCOCC1Cc1ccnc2ccccc12. The molecule has 94 valence electrons. The molecule has 1 aliphatic rings. The predicted molar refractivity (Wildman–Crippen MR) is 70.4 cm³/mol. The van der Waals surface area contributed by atoms with E-state index in [9.17, 15) is 5.11 Å². The molecular weight excluding hydrogens is 226 g/mol. The molecule has 1 aromatic heterocycles. The first-order chi connectivity index (χ1) is 8.84. The molecule has 0 aliphatic carbocycles. The van der Waals surface area contributed by atoms with Gasteiger partial charge in [-0.15, -0.1) is 0 Å². The van der Waals surface area contributed by atoms with Crippen LogP contribution < -0.4 is 0 Å². The van der Waals surface area contributed by atoms with Gasteiger partial charge in [-0.05, 0) is 30.5 Å². The highest BCUT2D eigenvalue weighted by molar-refractivity contribution is 5.81. The van der Waals surface area contributed by atoms with Crippen LogP contribution in [0.2, 0.25) is 0 Å². The topological polar surface area (TPSA) is 42.4 Å². The molecule has 2 atom stereocenters. The minimum Gasteiger partial charge on any atom is -0.393 e. The molecule has 1 aromatic carbocycles. The van der Waals surface area contributed by atoms with Gasteiger partial charge in [0.2, 0.25) is 0 Å². The number of pyridine rings is 1. The molecule has 2 aromatic rings. The van der Waals surface area contributed by atoms with Crippen LogP contribution in [0.15, 0.2) is 36.5 Å². The van der Waals surface area contributed by atoms with E-state index in [1.807, 2.05) is 30.5 Å². The van der Waals surface area contributed by atoms with Gasteiger partial charge in [0, 0.05) is 24.1 Å². The van der Waals surface area contributed by atoms with Gasteiger partial charge in [0.15, 0.2) is 0 Å². The summed E-state index contributed by atoms with van der Waals surface area (Å²) in [6, 6.07) is 10.2. The number of benzene rings is 1. The lowest BCUT2D eigenvalue weighted by Gasteiger charge is -2.28. The normalized spacial score (nSPS) is 24.3. The second-order valence-corrected chi connectivity index (χ2v) is 4.88. The Labute approximate surface area is 106 Å². The van der Waals surface area contributed by atoms with E-state index >= 15 is 0 Å². The van der Waals surface area contributed by atoms with Crippen molar-refractivity contribution in [2.24, 2.45) is 5.92 Å². The standard InChI is InChI=1S/C15H17NO2/c17-15-6-8-18-10-12(15)9-11-5-7-16-14-4-2-1-3-13(11)14/h1-5,7,12,15,17H,6,8-10H2. The van der Waals surface area contributed by atoms with Gasteiger partial charge in [0.05, 0.1) is 18.2 Å². The highest BCUT2D eigenvalue weighted by Gasteiger charge is 2.24. The summed E-state index contributed by atoms with van der Waals surface area (Å²) in [5, 5.41) is 11.2. The van der Waals surface area contributed by atoms with Crippen LogP contribution >= 0.6 is 0 Å². The summed E-state index contributed by atoms with van der Waals surface area (Å²) in [6.45, 7) is 1.33. The third-order valence-corrected chi connectivity index (χ3v) is 3.66. The first-order valence-electron chi connectivity index (χ1n) is 6.43. The lowest BCUT2D eigenvalue weighted by atomic mass is 9.90. The zero-order valence-corrected chi connectivity index (χ0v) is 10.2. The minimum atomic E-state index is -0.245. The largest absolute Gasteiger partial charge is 0.393 e. The van der Waals surface area contributed by atoms with Crippen LogP contribution in [0.1, 0.15) is 12.0 Å². The number of fused-ring (bicyclic) bond motifs is 1. The maximum Gasteiger partial charge on any atom is 0.0704 e. The molecule has 0 saturated carbocycles. The summed E-state index contributed by atoms with van der Waals surface area (Å²) in [7, 11) is 0. The molecule has 1 N–H and O–H groups in total. The van der Waals surface area contributed by atoms with Gasteiger partial charge in [-0.3, -0.25) is 4.98 Å². The first kappa shape index (κ1) is 11.6. The monoisotopic (exact) mass is 243 g/mol. The third kappa shape index (κ3) is 2.24. The van der Waals surface area contributed by atoms with Crippen LogP contribution in [0.3, 0.4) is 0 Å². The molecular formula is C15H17NO2. The van der Waals surface area contributed by atoms with E-state index in [4.69, 9.17) is 4.74 Å². The Morgan fingerprint density at radius 1 is 1.28 bits per heavy atom. The van der Waals surface area contributed by atoms with E-state index in [1.54, 1.807) is 0 Å². The Balaban J connectivity index is 1.90. The van der Waals surface area contributed by atoms with Gasteiger partial charge < -0.3 is 9.84 Å². The fourth-order valence-corrected chi connectivity index (χ4v) is 2.60. The molecule has 0 amide bonds. The van der Waals surface area contributed by atoms with Crippen LogP contribution in [0.25, 0.3) is 10.9 Å². The third-order valence-electron chi connectivity index (χ3n) is 3.66. The number of rotatable bonds is 2. The summed E-state index contributed by atoms with van der Waals surface area (Å²) in [4.78, 5) is 4.36. The van der Waals surface area contributed by atoms with Crippen LogP contribution in [-0.4, -0.2) is 29.4 Å². The number of hydrogen-bond donors (Lipinski definition) is 1. The van der Waals surface area contributed by atoms with E-state index in [0.29, 0.717) is 13.2 Å². The van der Waals surface area contributed by atoms with E-state index in [1.165, 1.54) is 10.9 Å². The number of aliphatic hydroxyl groups excluding tert-OH is 1.